The number of ether oxygens (including phenoxy) is 1. The summed E-state index contributed by atoms with van der Waals surface area (Å²) in [5, 5.41) is 9.29. The second-order valence-electron chi connectivity index (χ2n) is 4.70. The van der Waals surface area contributed by atoms with Gasteiger partial charge < -0.3 is 14.7 Å². The maximum Gasteiger partial charge on any atom is 0.142 e. The van der Waals surface area contributed by atoms with Crippen molar-refractivity contribution < 1.29 is 9.84 Å². The minimum Gasteiger partial charge on any atom is -0.495 e. The summed E-state index contributed by atoms with van der Waals surface area (Å²) in [6, 6.07) is 6.28. The van der Waals surface area contributed by atoms with E-state index in [0.717, 1.165) is 30.8 Å². The fourth-order valence-electron chi connectivity index (χ4n) is 2.06. The van der Waals surface area contributed by atoms with Gasteiger partial charge in [-0.05, 0) is 36.5 Å². The molecule has 0 bridgehead atoms. The Morgan fingerprint density at radius 3 is 2.56 bits per heavy atom. The Balaban J connectivity index is 2.91. The first-order chi connectivity index (χ1) is 8.65. The summed E-state index contributed by atoms with van der Waals surface area (Å²) in [6.45, 7) is 5.33. The van der Waals surface area contributed by atoms with Crippen LogP contribution in [0.5, 0.6) is 5.75 Å². The van der Waals surface area contributed by atoms with Crippen LogP contribution in [-0.4, -0.2) is 32.4 Å². The largest absolute Gasteiger partial charge is 0.495 e. The molecule has 1 unspecified atom stereocenters. The molecule has 1 atom stereocenters. The van der Waals surface area contributed by atoms with Crippen LogP contribution < -0.4 is 9.64 Å². The van der Waals surface area contributed by atoms with Crippen LogP contribution >= 0.6 is 0 Å². The smallest absolute Gasteiger partial charge is 0.142 e. The van der Waals surface area contributed by atoms with Gasteiger partial charge in [-0.2, -0.15) is 0 Å². The van der Waals surface area contributed by atoms with Gasteiger partial charge in [-0.15, -0.1) is 0 Å². The zero-order valence-electron chi connectivity index (χ0n) is 11.9. The van der Waals surface area contributed by atoms with E-state index in [1.165, 1.54) is 5.56 Å². The molecule has 0 aliphatic carbocycles. The first-order valence-corrected chi connectivity index (χ1v) is 6.65. The standard InChI is InChI=1S/C15H25NO2/c1-5-12-7-8-15(18-4)14(9-12)16(3)10-13(6-2)11-17/h7-9,13,17H,5-6,10-11H2,1-4H3. The number of hydrogen-bond acceptors (Lipinski definition) is 3. The highest BCUT2D eigenvalue weighted by Gasteiger charge is 2.13. The molecular weight excluding hydrogens is 226 g/mol. The van der Waals surface area contributed by atoms with E-state index in [4.69, 9.17) is 4.74 Å². The van der Waals surface area contributed by atoms with Crippen molar-refractivity contribution in [3.05, 3.63) is 23.8 Å². The van der Waals surface area contributed by atoms with Crippen LogP contribution in [0.3, 0.4) is 0 Å². The topological polar surface area (TPSA) is 32.7 Å². The molecule has 0 aliphatic rings. The van der Waals surface area contributed by atoms with Gasteiger partial charge in [0.05, 0.1) is 12.8 Å². The van der Waals surface area contributed by atoms with Gasteiger partial charge in [0.1, 0.15) is 5.75 Å². The molecule has 18 heavy (non-hydrogen) atoms. The number of methoxy groups -OCH3 is 1. The highest BCUT2D eigenvalue weighted by molar-refractivity contribution is 5.59. The highest BCUT2D eigenvalue weighted by atomic mass is 16.5. The molecule has 3 heteroatoms. The molecule has 0 spiro atoms. The van der Waals surface area contributed by atoms with E-state index in [1.807, 2.05) is 6.07 Å². The van der Waals surface area contributed by atoms with Gasteiger partial charge in [0, 0.05) is 20.2 Å². The molecule has 102 valence electrons. The van der Waals surface area contributed by atoms with Gasteiger partial charge in [-0.1, -0.05) is 19.9 Å². The minimum absolute atomic E-state index is 0.233. The Morgan fingerprint density at radius 1 is 1.33 bits per heavy atom. The summed E-state index contributed by atoms with van der Waals surface area (Å²) in [7, 11) is 3.75. The zero-order valence-corrected chi connectivity index (χ0v) is 11.9. The SMILES string of the molecule is CCc1ccc(OC)c(N(C)CC(CC)CO)c1. The van der Waals surface area contributed by atoms with Crippen molar-refractivity contribution in [2.24, 2.45) is 5.92 Å². The summed E-state index contributed by atoms with van der Waals surface area (Å²) < 4.78 is 5.41. The molecule has 0 amide bonds. The monoisotopic (exact) mass is 251 g/mol. The molecule has 0 saturated carbocycles. The molecule has 0 heterocycles. The summed E-state index contributed by atoms with van der Waals surface area (Å²) in [4.78, 5) is 2.17. The first kappa shape index (κ1) is 14.8. The van der Waals surface area contributed by atoms with Crippen molar-refractivity contribution in [3.63, 3.8) is 0 Å². The summed E-state index contributed by atoms with van der Waals surface area (Å²) in [5.74, 6) is 1.20. The summed E-state index contributed by atoms with van der Waals surface area (Å²) >= 11 is 0. The average Bonchev–Trinajstić information content (AvgIpc) is 2.43. The molecule has 3 nitrogen and oxygen atoms in total. The molecule has 1 rings (SSSR count). The van der Waals surface area contributed by atoms with Crippen molar-refractivity contribution in [1.82, 2.24) is 0 Å². The quantitative estimate of drug-likeness (QED) is 0.809. The summed E-state index contributed by atoms with van der Waals surface area (Å²) in [5.41, 5.74) is 2.40. The predicted molar refractivity (Wildman–Crippen MR) is 76.5 cm³/mol. The van der Waals surface area contributed by atoms with E-state index in [0.29, 0.717) is 5.92 Å². The molecule has 1 N–H and O–H groups in total. The number of nitrogens with zero attached hydrogens (tertiary/aromatic N) is 1. The van der Waals surface area contributed by atoms with Crippen LogP contribution in [0, 0.1) is 5.92 Å². The second kappa shape index (κ2) is 7.27. The first-order valence-electron chi connectivity index (χ1n) is 6.65. The van der Waals surface area contributed by atoms with Gasteiger partial charge >= 0.3 is 0 Å². The lowest BCUT2D eigenvalue weighted by Gasteiger charge is -2.26. The Bertz CT molecular complexity index is 362. The van der Waals surface area contributed by atoms with Gasteiger partial charge in [0.25, 0.3) is 0 Å². The fraction of sp³-hybridized carbons (Fsp3) is 0.600. The normalized spacial score (nSPS) is 12.3. The molecule has 0 radical (unpaired) electrons. The van der Waals surface area contributed by atoms with Crippen LogP contribution in [0.25, 0.3) is 0 Å². The number of rotatable bonds is 7. The van der Waals surface area contributed by atoms with Gasteiger partial charge in [0.2, 0.25) is 0 Å². The van der Waals surface area contributed by atoms with Crippen molar-refractivity contribution in [1.29, 1.82) is 0 Å². The van der Waals surface area contributed by atoms with Crippen molar-refractivity contribution >= 4 is 5.69 Å². The number of anilines is 1. The minimum atomic E-state index is 0.233. The highest BCUT2D eigenvalue weighted by Crippen LogP contribution is 2.29. The molecule has 0 saturated heterocycles. The van der Waals surface area contributed by atoms with Gasteiger partial charge in [-0.25, -0.2) is 0 Å². The molecule has 0 fully saturated rings. The second-order valence-corrected chi connectivity index (χ2v) is 4.70. The van der Waals surface area contributed by atoms with E-state index in [1.54, 1.807) is 7.11 Å². The third-order valence-corrected chi connectivity index (χ3v) is 3.43. The van der Waals surface area contributed by atoms with E-state index >= 15 is 0 Å². The van der Waals surface area contributed by atoms with E-state index in [9.17, 15) is 5.11 Å². The van der Waals surface area contributed by atoms with Gasteiger partial charge in [0.15, 0.2) is 0 Å². The Kier molecular flexibility index (Phi) is 5.99. The lowest BCUT2D eigenvalue weighted by Crippen LogP contribution is -2.27. The lowest BCUT2D eigenvalue weighted by atomic mass is 10.1. The number of aryl methyl sites for hydroxylation is 1. The molecule has 0 aromatic heterocycles. The van der Waals surface area contributed by atoms with Crippen LogP contribution in [0.4, 0.5) is 5.69 Å². The van der Waals surface area contributed by atoms with E-state index < -0.39 is 0 Å². The van der Waals surface area contributed by atoms with Crippen LogP contribution in [0.1, 0.15) is 25.8 Å². The van der Waals surface area contributed by atoms with E-state index in [-0.39, 0.29) is 6.61 Å². The lowest BCUT2D eigenvalue weighted by molar-refractivity contribution is 0.225. The Morgan fingerprint density at radius 2 is 2.06 bits per heavy atom. The fourth-order valence-corrected chi connectivity index (χ4v) is 2.06. The predicted octanol–water partition coefficient (Wildman–Crippen LogP) is 2.71. The molecule has 1 aromatic rings. The van der Waals surface area contributed by atoms with Crippen molar-refractivity contribution in [2.75, 3.05) is 32.2 Å². The third-order valence-electron chi connectivity index (χ3n) is 3.43. The molecule has 0 aliphatic heterocycles. The third kappa shape index (κ3) is 3.64. The van der Waals surface area contributed by atoms with Crippen LogP contribution in [0.2, 0.25) is 0 Å². The van der Waals surface area contributed by atoms with Crippen LogP contribution in [-0.2, 0) is 6.42 Å². The number of hydrogen-bond donors (Lipinski definition) is 1. The van der Waals surface area contributed by atoms with Crippen LogP contribution in [0.15, 0.2) is 18.2 Å². The van der Waals surface area contributed by atoms with Gasteiger partial charge in [-0.3, -0.25) is 0 Å². The zero-order chi connectivity index (χ0) is 13.5. The Hall–Kier alpha value is -1.22. The van der Waals surface area contributed by atoms with Crippen molar-refractivity contribution in [3.8, 4) is 5.75 Å². The Labute approximate surface area is 110 Å². The number of aliphatic hydroxyl groups excluding tert-OH is 1. The molecule has 1 aromatic carbocycles. The maximum absolute atomic E-state index is 9.29. The summed E-state index contributed by atoms with van der Waals surface area (Å²) in [6.07, 6.45) is 2.00. The maximum atomic E-state index is 9.29. The average molecular weight is 251 g/mol. The number of benzene rings is 1. The molecular formula is C15H25NO2. The number of aliphatic hydroxyl groups is 1. The van der Waals surface area contributed by atoms with Crippen molar-refractivity contribution in [2.45, 2.75) is 26.7 Å². The van der Waals surface area contributed by atoms with E-state index in [2.05, 4.69) is 37.9 Å².